The zero-order valence-electron chi connectivity index (χ0n) is 17.4. The minimum absolute atomic E-state index is 0. The van der Waals surface area contributed by atoms with Crippen LogP contribution in [0.5, 0.6) is 0 Å². The summed E-state index contributed by atoms with van der Waals surface area (Å²) in [5, 5.41) is 11.9. The molecule has 0 spiro atoms. The van der Waals surface area contributed by atoms with Gasteiger partial charge in [0.05, 0.1) is 17.7 Å². The predicted octanol–water partition coefficient (Wildman–Crippen LogP) is -3.18. The van der Waals surface area contributed by atoms with Crippen molar-refractivity contribution in [3.63, 3.8) is 0 Å². The molecular formula is C22H20N3NaO5. The van der Waals surface area contributed by atoms with Gasteiger partial charge < -0.3 is 24.6 Å². The van der Waals surface area contributed by atoms with E-state index in [1.54, 1.807) is 11.0 Å². The molecule has 8 nitrogen and oxygen atoms in total. The number of carboxylic acid groups (broad SMARTS) is 1. The molecule has 3 saturated heterocycles. The summed E-state index contributed by atoms with van der Waals surface area (Å²) in [7, 11) is 0. The van der Waals surface area contributed by atoms with E-state index >= 15 is 0 Å². The molecule has 1 aromatic carbocycles. The Bertz CT molecular complexity index is 1050. The molecule has 9 heteroatoms. The third kappa shape index (κ3) is 3.24. The third-order valence-electron chi connectivity index (χ3n) is 6.53. The molecule has 4 aliphatic rings. The first-order chi connectivity index (χ1) is 14.4. The molecule has 31 heavy (non-hydrogen) atoms. The van der Waals surface area contributed by atoms with E-state index in [1.165, 1.54) is 16.7 Å². The second-order valence-electron chi connectivity index (χ2n) is 8.15. The van der Waals surface area contributed by atoms with Crippen LogP contribution in [0.2, 0.25) is 0 Å². The molecule has 5 rings (SSSR count). The van der Waals surface area contributed by atoms with Gasteiger partial charge in [0.2, 0.25) is 5.91 Å². The van der Waals surface area contributed by atoms with Gasteiger partial charge in [-0.15, -0.1) is 0 Å². The van der Waals surface area contributed by atoms with Crippen LogP contribution in [-0.2, 0) is 19.2 Å². The zero-order chi connectivity index (χ0) is 21.2. The molecule has 0 aromatic heterocycles. The van der Waals surface area contributed by atoms with Crippen molar-refractivity contribution in [2.75, 3.05) is 18.0 Å². The van der Waals surface area contributed by atoms with Gasteiger partial charge in [-0.25, -0.2) is 0 Å². The number of carboxylic acids is 1. The Morgan fingerprint density at radius 3 is 2.52 bits per heavy atom. The average Bonchev–Trinajstić information content (AvgIpc) is 3.27. The second-order valence-corrected chi connectivity index (χ2v) is 8.15. The quantitative estimate of drug-likeness (QED) is 0.287. The first kappa shape index (κ1) is 21.8. The van der Waals surface area contributed by atoms with Gasteiger partial charge in [-0.2, -0.15) is 0 Å². The Labute approximate surface area is 201 Å². The number of nitrogens with zero attached hydrogens (tertiary/aromatic N) is 3. The van der Waals surface area contributed by atoms with Crippen LogP contribution < -0.4 is 39.6 Å². The molecule has 0 aliphatic carbocycles. The summed E-state index contributed by atoms with van der Waals surface area (Å²) in [5.41, 5.74) is 1.56. The van der Waals surface area contributed by atoms with E-state index in [1.807, 2.05) is 30.3 Å². The second kappa shape index (κ2) is 7.93. The van der Waals surface area contributed by atoms with Crippen molar-refractivity contribution < 1.29 is 53.8 Å². The van der Waals surface area contributed by atoms with E-state index in [9.17, 15) is 24.3 Å². The minimum atomic E-state index is -1.43. The molecule has 154 valence electrons. The number of β-lactam (4-membered cyclic amide) rings is 1. The fraction of sp³-hybridized carbons (Fsp3) is 0.364. The average molecular weight is 429 g/mol. The maximum Gasteiger partial charge on any atom is 1.00 e. The van der Waals surface area contributed by atoms with Crippen LogP contribution in [0, 0.1) is 5.92 Å². The number of hydrogen-bond donors (Lipinski definition) is 0. The number of para-hydroxylation sites is 1. The molecule has 3 fully saturated rings. The van der Waals surface area contributed by atoms with Crippen LogP contribution >= 0.6 is 0 Å². The summed E-state index contributed by atoms with van der Waals surface area (Å²) < 4.78 is 0. The van der Waals surface area contributed by atoms with E-state index in [0.717, 1.165) is 5.69 Å². The van der Waals surface area contributed by atoms with Gasteiger partial charge in [0.25, 0.3) is 11.8 Å². The molecule has 4 aliphatic heterocycles. The van der Waals surface area contributed by atoms with Gasteiger partial charge >= 0.3 is 29.6 Å². The minimum Gasteiger partial charge on any atom is -0.543 e. The monoisotopic (exact) mass is 429 g/mol. The number of benzene rings is 1. The maximum atomic E-state index is 12.9. The third-order valence-corrected chi connectivity index (χ3v) is 6.53. The van der Waals surface area contributed by atoms with Gasteiger partial charge in [0.15, 0.2) is 0 Å². The van der Waals surface area contributed by atoms with Crippen molar-refractivity contribution >= 4 is 29.4 Å². The number of likely N-dealkylation sites (tertiary alicyclic amines) is 1. The van der Waals surface area contributed by atoms with Crippen molar-refractivity contribution in [3.05, 3.63) is 53.3 Å². The molecule has 0 saturated carbocycles. The predicted molar refractivity (Wildman–Crippen MR) is 103 cm³/mol. The number of rotatable bonds is 3. The van der Waals surface area contributed by atoms with Crippen molar-refractivity contribution in [2.24, 2.45) is 5.92 Å². The van der Waals surface area contributed by atoms with Gasteiger partial charge in [0.1, 0.15) is 6.04 Å². The van der Waals surface area contributed by atoms with Gasteiger partial charge in [0, 0.05) is 37.2 Å². The van der Waals surface area contributed by atoms with Crippen LogP contribution in [0.25, 0.3) is 0 Å². The summed E-state index contributed by atoms with van der Waals surface area (Å²) in [5.74, 6) is -2.23. The summed E-state index contributed by atoms with van der Waals surface area (Å²) in [6.45, 7) is 2.33. The Kier molecular flexibility index (Phi) is 5.57. The zero-order valence-corrected chi connectivity index (χ0v) is 19.4. The molecule has 0 bridgehead atoms. The van der Waals surface area contributed by atoms with Gasteiger partial charge in [-0.05, 0) is 36.6 Å². The fourth-order valence-corrected chi connectivity index (χ4v) is 5.23. The van der Waals surface area contributed by atoms with E-state index in [4.69, 9.17) is 0 Å². The normalized spacial score (nSPS) is 28.0. The summed E-state index contributed by atoms with van der Waals surface area (Å²) in [4.78, 5) is 53.9. The number of aliphatic carboxylic acids is 1. The number of anilines is 1. The van der Waals surface area contributed by atoms with E-state index < -0.39 is 17.9 Å². The van der Waals surface area contributed by atoms with Crippen molar-refractivity contribution in [1.29, 1.82) is 0 Å². The topological polar surface area (TPSA) is 101 Å². The van der Waals surface area contributed by atoms with E-state index in [2.05, 4.69) is 0 Å². The summed E-state index contributed by atoms with van der Waals surface area (Å²) in [6.07, 6.45) is 2.49. The van der Waals surface area contributed by atoms with Crippen LogP contribution in [0.4, 0.5) is 5.69 Å². The molecule has 2 unspecified atom stereocenters. The molecular weight excluding hydrogens is 409 g/mol. The van der Waals surface area contributed by atoms with Crippen LogP contribution in [0.1, 0.15) is 19.8 Å². The molecule has 3 amide bonds. The Morgan fingerprint density at radius 2 is 1.87 bits per heavy atom. The van der Waals surface area contributed by atoms with E-state index in [-0.39, 0.29) is 59.0 Å². The number of carbonyl (C=O) groups excluding carboxylic acids is 4. The molecule has 3 atom stereocenters. The number of allylic oxidation sites excluding steroid dienone is 2. The summed E-state index contributed by atoms with van der Waals surface area (Å²) >= 11 is 0. The molecule has 4 heterocycles. The molecule has 0 radical (unpaired) electrons. The van der Waals surface area contributed by atoms with Crippen LogP contribution in [0.15, 0.2) is 53.3 Å². The standard InChI is InChI=1S/C22H21N3O5.Na/c1-12(26)24-11-15-10-14(18(22(29)30)25-17(15)19(24)21(25)28)9-13-7-8-23(20(13)27)16-5-3-2-4-6-16;/h2-6,9,15,17,19H,7-8,10-11H2,1H3,(H,29,30);/q;+1/p-1/b13-9+;/t15?,17-,19?;/m1./s1. The summed E-state index contributed by atoms with van der Waals surface area (Å²) in [6, 6.07) is 8.38. The number of carbonyl (C=O) groups is 4. The van der Waals surface area contributed by atoms with Crippen molar-refractivity contribution in [2.45, 2.75) is 31.8 Å². The first-order valence-corrected chi connectivity index (χ1v) is 10.0. The molecule has 0 N–H and O–H groups in total. The Balaban J connectivity index is 0.00000231. The Hall–Kier alpha value is -2.42. The fourth-order valence-electron chi connectivity index (χ4n) is 5.23. The largest absolute Gasteiger partial charge is 1.00 e. The van der Waals surface area contributed by atoms with Gasteiger partial charge in [-0.1, -0.05) is 18.2 Å². The van der Waals surface area contributed by atoms with Crippen molar-refractivity contribution in [3.8, 4) is 0 Å². The van der Waals surface area contributed by atoms with Crippen LogP contribution in [0.3, 0.4) is 0 Å². The first-order valence-electron chi connectivity index (χ1n) is 10.0. The SMILES string of the molecule is CC(=O)N1CC2CC(/C=C3\CCN(c4ccccc4)C3=O)=C(C(=O)[O-])N3C(=O)C1[C@@H]23.[Na+]. The Morgan fingerprint density at radius 1 is 1.16 bits per heavy atom. The number of amides is 3. The van der Waals surface area contributed by atoms with Gasteiger partial charge in [-0.3, -0.25) is 14.4 Å². The number of hydrogen-bond acceptors (Lipinski definition) is 5. The van der Waals surface area contributed by atoms with Crippen molar-refractivity contribution in [1.82, 2.24) is 9.80 Å². The van der Waals surface area contributed by atoms with Crippen LogP contribution in [-0.4, -0.2) is 58.7 Å². The maximum absolute atomic E-state index is 12.9. The van der Waals surface area contributed by atoms with E-state index in [0.29, 0.717) is 37.1 Å². The molecule has 1 aromatic rings. The smallest absolute Gasteiger partial charge is 0.543 e.